The molecule has 1 amide bonds. The van der Waals surface area contributed by atoms with Crippen molar-refractivity contribution in [3.05, 3.63) is 33.0 Å². The van der Waals surface area contributed by atoms with E-state index in [9.17, 15) is 4.79 Å². The van der Waals surface area contributed by atoms with Crippen LogP contribution in [0.1, 0.15) is 26.3 Å². The normalized spacial score (nSPS) is 19.4. The molecule has 0 N–H and O–H groups in total. The maximum absolute atomic E-state index is 12.5. The highest BCUT2D eigenvalue weighted by Crippen LogP contribution is 2.39. The van der Waals surface area contributed by atoms with Gasteiger partial charge in [-0.25, -0.2) is 0 Å². The third-order valence-electron chi connectivity index (χ3n) is 2.83. The van der Waals surface area contributed by atoms with Gasteiger partial charge in [0.2, 0.25) is 0 Å². The Kier molecular flexibility index (Phi) is 3.36. The molecular weight excluding hydrogens is 286 g/mol. The SMILES string of the molecule is Cc1nnsc1C(=O)N1CCS[C@H]1c1ccsc1. The van der Waals surface area contributed by atoms with E-state index in [4.69, 9.17) is 0 Å². The molecule has 94 valence electrons. The molecule has 1 aliphatic rings. The molecule has 4 nitrogen and oxygen atoms in total. The molecule has 7 heteroatoms. The fraction of sp³-hybridized carbons (Fsp3) is 0.364. The molecule has 0 bridgehead atoms. The Hall–Kier alpha value is -0.920. The van der Waals surface area contributed by atoms with E-state index in [0.29, 0.717) is 4.88 Å². The smallest absolute Gasteiger partial charge is 0.268 e. The first kappa shape index (κ1) is 12.1. The third kappa shape index (κ3) is 2.06. The molecule has 0 spiro atoms. The Morgan fingerprint density at radius 3 is 3.11 bits per heavy atom. The van der Waals surface area contributed by atoms with E-state index in [0.717, 1.165) is 18.0 Å². The van der Waals surface area contributed by atoms with Crippen molar-refractivity contribution < 1.29 is 4.79 Å². The summed E-state index contributed by atoms with van der Waals surface area (Å²) in [5.41, 5.74) is 1.94. The third-order valence-corrected chi connectivity index (χ3v) is 5.60. The Bertz CT molecular complexity index is 552. The molecule has 1 aliphatic heterocycles. The Balaban J connectivity index is 1.88. The van der Waals surface area contributed by atoms with E-state index in [2.05, 4.69) is 26.4 Å². The number of aromatic nitrogens is 2. The van der Waals surface area contributed by atoms with Crippen molar-refractivity contribution >= 4 is 40.5 Å². The van der Waals surface area contributed by atoms with Gasteiger partial charge in [-0.1, -0.05) is 4.49 Å². The minimum Gasteiger partial charge on any atom is -0.321 e. The Morgan fingerprint density at radius 1 is 1.56 bits per heavy atom. The van der Waals surface area contributed by atoms with Crippen LogP contribution in [-0.2, 0) is 0 Å². The second kappa shape index (κ2) is 4.99. The zero-order chi connectivity index (χ0) is 12.5. The summed E-state index contributed by atoms with van der Waals surface area (Å²) in [6.07, 6.45) is 0. The van der Waals surface area contributed by atoms with E-state index in [1.165, 1.54) is 17.1 Å². The van der Waals surface area contributed by atoms with Crippen LogP contribution >= 0.6 is 34.6 Å². The molecule has 0 aliphatic carbocycles. The monoisotopic (exact) mass is 297 g/mol. The van der Waals surface area contributed by atoms with Crippen molar-refractivity contribution in [3.63, 3.8) is 0 Å². The van der Waals surface area contributed by atoms with Crippen LogP contribution in [0.4, 0.5) is 0 Å². The van der Waals surface area contributed by atoms with E-state index >= 15 is 0 Å². The van der Waals surface area contributed by atoms with Crippen LogP contribution < -0.4 is 0 Å². The van der Waals surface area contributed by atoms with E-state index in [-0.39, 0.29) is 11.3 Å². The molecule has 1 atom stereocenters. The van der Waals surface area contributed by atoms with Gasteiger partial charge in [0.25, 0.3) is 5.91 Å². The predicted octanol–water partition coefficient (Wildman–Crippen LogP) is 2.80. The van der Waals surface area contributed by atoms with E-state index in [1.807, 2.05) is 23.6 Å². The fourth-order valence-electron chi connectivity index (χ4n) is 1.93. The average Bonchev–Trinajstić information content (AvgIpc) is 3.09. The second-order valence-corrected chi connectivity index (χ2v) is 6.69. The highest BCUT2D eigenvalue weighted by molar-refractivity contribution is 7.99. The molecule has 0 aromatic carbocycles. The quantitative estimate of drug-likeness (QED) is 0.855. The molecule has 0 saturated carbocycles. The van der Waals surface area contributed by atoms with Crippen LogP contribution in [0.15, 0.2) is 16.8 Å². The van der Waals surface area contributed by atoms with E-state index < -0.39 is 0 Å². The molecule has 3 rings (SSSR count). The lowest BCUT2D eigenvalue weighted by atomic mass is 10.2. The molecule has 2 aromatic heterocycles. The van der Waals surface area contributed by atoms with Crippen molar-refractivity contribution in [1.82, 2.24) is 14.5 Å². The maximum Gasteiger partial charge on any atom is 0.268 e. The van der Waals surface area contributed by atoms with Gasteiger partial charge in [-0.3, -0.25) is 4.79 Å². The van der Waals surface area contributed by atoms with Crippen LogP contribution in [0.5, 0.6) is 0 Å². The minimum absolute atomic E-state index is 0.0590. The number of aryl methyl sites for hydroxylation is 1. The molecular formula is C11H11N3OS3. The van der Waals surface area contributed by atoms with Crippen molar-refractivity contribution in [1.29, 1.82) is 0 Å². The van der Waals surface area contributed by atoms with E-state index in [1.54, 1.807) is 11.3 Å². The maximum atomic E-state index is 12.5. The second-order valence-electron chi connectivity index (χ2n) is 3.97. The number of amides is 1. The summed E-state index contributed by atoms with van der Waals surface area (Å²) in [5.74, 6) is 1.04. The summed E-state index contributed by atoms with van der Waals surface area (Å²) < 4.78 is 3.84. The Labute approximate surface area is 117 Å². The molecule has 1 saturated heterocycles. The number of hydrogen-bond acceptors (Lipinski definition) is 6. The lowest BCUT2D eigenvalue weighted by Crippen LogP contribution is -2.30. The molecule has 18 heavy (non-hydrogen) atoms. The number of rotatable bonds is 2. The average molecular weight is 297 g/mol. The highest BCUT2D eigenvalue weighted by Gasteiger charge is 2.33. The minimum atomic E-state index is 0.0590. The number of carbonyl (C=O) groups is 1. The van der Waals surface area contributed by atoms with Crippen molar-refractivity contribution in [2.24, 2.45) is 0 Å². The summed E-state index contributed by atoms with van der Waals surface area (Å²) in [7, 11) is 0. The first-order chi connectivity index (χ1) is 8.77. The van der Waals surface area contributed by atoms with Crippen LogP contribution in [0.3, 0.4) is 0 Å². The van der Waals surface area contributed by atoms with Crippen LogP contribution in [0.2, 0.25) is 0 Å². The summed E-state index contributed by atoms with van der Waals surface area (Å²) >= 11 is 4.67. The molecule has 0 radical (unpaired) electrons. The lowest BCUT2D eigenvalue weighted by molar-refractivity contribution is 0.0764. The van der Waals surface area contributed by atoms with Gasteiger partial charge in [0.05, 0.1) is 5.69 Å². The summed E-state index contributed by atoms with van der Waals surface area (Å²) in [5, 5.41) is 8.22. The number of thiophene rings is 1. The molecule has 2 aromatic rings. The number of hydrogen-bond donors (Lipinski definition) is 0. The number of carbonyl (C=O) groups excluding carboxylic acids is 1. The predicted molar refractivity (Wildman–Crippen MR) is 75.2 cm³/mol. The number of thioether (sulfide) groups is 1. The van der Waals surface area contributed by atoms with Crippen molar-refractivity contribution in [2.45, 2.75) is 12.3 Å². The van der Waals surface area contributed by atoms with Gasteiger partial charge in [0, 0.05) is 12.3 Å². The zero-order valence-corrected chi connectivity index (χ0v) is 12.1. The topological polar surface area (TPSA) is 46.1 Å². The van der Waals surface area contributed by atoms with Gasteiger partial charge in [0.1, 0.15) is 10.3 Å². The van der Waals surface area contributed by atoms with Gasteiger partial charge < -0.3 is 4.90 Å². The lowest BCUT2D eigenvalue weighted by Gasteiger charge is -2.22. The first-order valence-corrected chi connectivity index (χ1v) is 8.27. The molecule has 0 unspecified atom stereocenters. The van der Waals surface area contributed by atoms with Gasteiger partial charge in [-0.15, -0.1) is 16.9 Å². The fourth-order valence-corrected chi connectivity index (χ4v) is 4.55. The van der Waals surface area contributed by atoms with Gasteiger partial charge in [-0.2, -0.15) is 11.3 Å². The zero-order valence-electron chi connectivity index (χ0n) is 9.70. The molecule has 3 heterocycles. The highest BCUT2D eigenvalue weighted by atomic mass is 32.2. The van der Waals surface area contributed by atoms with Crippen molar-refractivity contribution in [3.8, 4) is 0 Å². The number of nitrogens with zero attached hydrogens (tertiary/aromatic N) is 3. The van der Waals surface area contributed by atoms with Gasteiger partial charge in [-0.05, 0) is 40.8 Å². The largest absolute Gasteiger partial charge is 0.321 e. The Morgan fingerprint density at radius 2 is 2.44 bits per heavy atom. The van der Waals surface area contributed by atoms with Crippen LogP contribution in [0.25, 0.3) is 0 Å². The van der Waals surface area contributed by atoms with Crippen LogP contribution in [0, 0.1) is 6.92 Å². The van der Waals surface area contributed by atoms with Gasteiger partial charge in [0.15, 0.2) is 0 Å². The summed E-state index contributed by atoms with van der Waals surface area (Å²) in [4.78, 5) is 15.1. The van der Waals surface area contributed by atoms with Gasteiger partial charge >= 0.3 is 0 Å². The summed E-state index contributed by atoms with van der Waals surface area (Å²) in [6, 6.07) is 2.09. The summed E-state index contributed by atoms with van der Waals surface area (Å²) in [6.45, 7) is 2.63. The standard InChI is InChI=1S/C11H11N3OS3/c1-7-9(18-13-12-7)10(15)14-3-5-17-11(14)8-2-4-16-6-8/h2,4,6,11H,3,5H2,1H3/t11-/m0/s1. The van der Waals surface area contributed by atoms with Crippen molar-refractivity contribution in [2.75, 3.05) is 12.3 Å². The first-order valence-electron chi connectivity index (χ1n) is 5.51. The van der Waals surface area contributed by atoms with Crippen LogP contribution in [-0.4, -0.2) is 32.7 Å². The molecule has 1 fully saturated rings.